The average Bonchev–Trinajstić information content (AvgIpc) is 2.39. The van der Waals surface area contributed by atoms with Crippen LogP contribution in [0, 0.1) is 0 Å². The molecular formula is C12H25NO4S. The van der Waals surface area contributed by atoms with Crippen LogP contribution in [0.1, 0.15) is 12.8 Å². The van der Waals surface area contributed by atoms with Crippen molar-refractivity contribution in [2.24, 2.45) is 0 Å². The standard InChI is InChI=1S/C12H25NO4S/c1-15-6-7-17-9-8-16-5-4-13-12-2-10-18(14)11-3-12/h12-13H,2-11H2,1H3. The number of nitrogens with one attached hydrogen (secondary N) is 1. The molecule has 0 atom stereocenters. The normalized spacial score (nSPS) is 24.3. The van der Waals surface area contributed by atoms with Gasteiger partial charge in [-0.2, -0.15) is 0 Å². The minimum atomic E-state index is -0.574. The summed E-state index contributed by atoms with van der Waals surface area (Å²) in [5.74, 6) is 1.68. The van der Waals surface area contributed by atoms with Crippen LogP contribution in [0.2, 0.25) is 0 Å². The highest BCUT2D eigenvalue weighted by atomic mass is 32.2. The molecule has 0 amide bonds. The second kappa shape index (κ2) is 10.9. The van der Waals surface area contributed by atoms with Gasteiger partial charge in [-0.25, -0.2) is 0 Å². The first kappa shape index (κ1) is 16.0. The molecule has 1 N–H and O–H groups in total. The van der Waals surface area contributed by atoms with E-state index in [-0.39, 0.29) is 0 Å². The van der Waals surface area contributed by atoms with Crippen LogP contribution in [0.3, 0.4) is 0 Å². The van der Waals surface area contributed by atoms with Crippen LogP contribution in [0.5, 0.6) is 0 Å². The van der Waals surface area contributed by atoms with Crippen molar-refractivity contribution >= 4 is 10.8 Å². The number of hydrogen-bond donors (Lipinski definition) is 1. The average molecular weight is 279 g/mol. The SMILES string of the molecule is COCCOCCOCCNC1CCS(=O)CC1. The van der Waals surface area contributed by atoms with Gasteiger partial charge in [-0.15, -0.1) is 0 Å². The molecule has 1 heterocycles. The van der Waals surface area contributed by atoms with Gasteiger partial charge in [-0.05, 0) is 12.8 Å². The van der Waals surface area contributed by atoms with Crippen LogP contribution in [-0.4, -0.2) is 68.4 Å². The Morgan fingerprint density at radius 3 is 2.33 bits per heavy atom. The number of hydrogen-bond acceptors (Lipinski definition) is 5. The third-order valence-electron chi connectivity index (χ3n) is 2.87. The Hall–Kier alpha value is -0.0100. The van der Waals surface area contributed by atoms with Gasteiger partial charge in [0.05, 0.1) is 33.0 Å². The van der Waals surface area contributed by atoms with Crippen molar-refractivity contribution in [2.45, 2.75) is 18.9 Å². The predicted molar refractivity (Wildman–Crippen MR) is 72.4 cm³/mol. The van der Waals surface area contributed by atoms with E-state index in [4.69, 9.17) is 14.2 Å². The van der Waals surface area contributed by atoms with Gasteiger partial charge in [-0.1, -0.05) is 0 Å². The maximum Gasteiger partial charge on any atom is 0.0701 e. The summed E-state index contributed by atoms with van der Waals surface area (Å²) in [6.45, 7) is 4.05. The highest BCUT2D eigenvalue weighted by Gasteiger charge is 2.16. The molecule has 0 saturated carbocycles. The van der Waals surface area contributed by atoms with Crippen LogP contribution in [0.15, 0.2) is 0 Å². The largest absolute Gasteiger partial charge is 0.382 e. The first-order valence-corrected chi connectivity index (χ1v) is 8.04. The molecule has 1 aliphatic heterocycles. The Labute approximate surface area is 112 Å². The molecule has 1 saturated heterocycles. The maximum atomic E-state index is 11.2. The Bertz CT molecular complexity index is 218. The molecule has 1 aliphatic rings. The number of ether oxygens (including phenoxy) is 3. The lowest BCUT2D eigenvalue weighted by Crippen LogP contribution is -2.37. The van der Waals surface area contributed by atoms with E-state index in [1.807, 2.05) is 0 Å². The molecule has 0 spiro atoms. The summed E-state index contributed by atoms with van der Waals surface area (Å²) in [6, 6.07) is 0.518. The molecule has 18 heavy (non-hydrogen) atoms. The second-order valence-electron chi connectivity index (χ2n) is 4.29. The molecule has 108 valence electrons. The van der Waals surface area contributed by atoms with E-state index in [0.29, 0.717) is 39.1 Å². The lowest BCUT2D eigenvalue weighted by Gasteiger charge is -2.22. The summed E-state index contributed by atoms with van der Waals surface area (Å²) in [6.07, 6.45) is 2.04. The minimum Gasteiger partial charge on any atom is -0.382 e. The molecule has 0 aromatic heterocycles. The molecule has 5 nitrogen and oxygen atoms in total. The first-order valence-electron chi connectivity index (χ1n) is 6.55. The van der Waals surface area contributed by atoms with Crippen LogP contribution in [0.4, 0.5) is 0 Å². The molecule has 0 aromatic carbocycles. The summed E-state index contributed by atoms with van der Waals surface area (Å²) in [4.78, 5) is 0. The van der Waals surface area contributed by atoms with Crippen molar-refractivity contribution in [1.29, 1.82) is 0 Å². The van der Waals surface area contributed by atoms with Crippen molar-refractivity contribution < 1.29 is 18.4 Å². The summed E-state index contributed by atoms with van der Waals surface area (Å²) in [7, 11) is 1.09. The first-order chi connectivity index (χ1) is 8.83. The molecule has 0 bridgehead atoms. The van der Waals surface area contributed by atoms with Gasteiger partial charge in [0.2, 0.25) is 0 Å². The smallest absolute Gasteiger partial charge is 0.0701 e. The van der Waals surface area contributed by atoms with Crippen LogP contribution < -0.4 is 5.32 Å². The van der Waals surface area contributed by atoms with E-state index < -0.39 is 10.8 Å². The lowest BCUT2D eigenvalue weighted by atomic mass is 10.1. The predicted octanol–water partition coefficient (Wildman–Crippen LogP) is 0.167. The van der Waals surface area contributed by atoms with Crippen molar-refractivity contribution in [3.8, 4) is 0 Å². The van der Waals surface area contributed by atoms with Crippen LogP contribution in [-0.2, 0) is 25.0 Å². The van der Waals surface area contributed by atoms with Gasteiger partial charge in [0.1, 0.15) is 0 Å². The summed E-state index contributed by atoms with van der Waals surface area (Å²) in [5.41, 5.74) is 0. The van der Waals surface area contributed by atoms with E-state index in [1.54, 1.807) is 7.11 Å². The Kier molecular flexibility index (Phi) is 9.69. The molecule has 0 radical (unpaired) electrons. The summed E-state index contributed by atoms with van der Waals surface area (Å²) >= 11 is 0. The molecule has 0 aliphatic carbocycles. The zero-order chi connectivity index (χ0) is 13.1. The monoisotopic (exact) mass is 279 g/mol. The van der Waals surface area contributed by atoms with Gasteiger partial charge < -0.3 is 19.5 Å². The Morgan fingerprint density at radius 2 is 1.67 bits per heavy atom. The van der Waals surface area contributed by atoms with E-state index in [2.05, 4.69) is 5.32 Å². The number of methoxy groups -OCH3 is 1. The molecule has 1 rings (SSSR count). The number of rotatable bonds is 10. The Morgan fingerprint density at radius 1 is 1.06 bits per heavy atom. The fourth-order valence-corrected chi connectivity index (χ4v) is 3.10. The Balaban J connectivity index is 1.80. The van der Waals surface area contributed by atoms with Gasteiger partial charge in [-0.3, -0.25) is 4.21 Å². The van der Waals surface area contributed by atoms with E-state index in [9.17, 15) is 4.21 Å². The molecular weight excluding hydrogens is 254 g/mol. The molecule has 6 heteroatoms. The quantitative estimate of drug-likeness (QED) is 0.578. The van der Waals surface area contributed by atoms with Gasteiger partial charge >= 0.3 is 0 Å². The summed E-state index contributed by atoms with van der Waals surface area (Å²) in [5, 5.41) is 3.43. The minimum absolute atomic E-state index is 0.518. The van der Waals surface area contributed by atoms with Gasteiger partial charge in [0, 0.05) is 42.0 Å². The van der Waals surface area contributed by atoms with Crippen molar-refractivity contribution in [3.63, 3.8) is 0 Å². The van der Waals surface area contributed by atoms with E-state index >= 15 is 0 Å². The fourth-order valence-electron chi connectivity index (χ4n) is 1.80. The summed E-state index contributed by atoms with van der Waals surface area (Å²) < 4.78 is 26.7. The highest BCUT2D eigenvalue weighted by molar-refractivity contribution is 7.85. The highest BCUT2D eigenvalue weighted by Crippen LogP contribution is 2.08. The van der Waals surface area contributed by atoms with E-state index in [1.165, 1.54) is 0 Å². The van der Waals surface area contributed by atoms with Crippen molar-refractivity contribution in [2.75, 3.05) is 58.2 Å². The van der Waals surface area contributed by atoms with Crippen molar-refractivity contribution in [1.82, 2.24) is 5.32 Å². The van der Waals surface area contributed by atoms with E-state index in [0.717, 1.165) is 30.9 Å². The molecule has 0 unspecified atom stereocenters. The van der Waals surface area contributed by atoms with Gasteiger partial charge in [0.25, 0.3) is 0 Å². The zero-order valence-corrected chi connectivity index (χ0v) is 12.0. The molecule has 0 aromatic rings. The third kappa shape index (κ3) is 8.16. The third-order valence-corrected chi connectivity index (χ3v) is 4.25. The fraction of sp³-hybridized carbons (Fsp3) is 1.00. The van der Waals surface area contributed by atoms with Crippen molar-refractivity contribution in [3.05, 3.63) is 0 Å². The topological polar surface area (TPSA) is 56.8 Å². The van der Waals surface area contributed by atoms with Crippen LogP contribution in [0.25, 0.3) is 0 Å². The van der Waals surface area contributed by atoms with Gasteiger partial charge in [0.15, 0.2) is 0 Å². The maximum absolute atomic E-state index is 11.2. The zero-order valence-electron chi connectivity index (χ0n) is 11.2. The molecule has 1 fully saturated rings. The lowest BCUT2D eigenvalue weighted by molar-refractivity contribution is 0.0252. The second-order valence-corrected chi connectivity index (χ2v) is 5.99. The van der Waals surface area contributed by atoms with Crippen LogP contribution >= 0.6 is 0 Å².